The van der Waals surface area contributed by atoms with Crippen molar-refractivity contribution in [3.05, 3.63) is 45.9 Å². The Bertz CT molecular complexity index is 658. The van der Waals surface area contributed by atoms with Crippen LogP contribution < -0.4 is 5.32 Å². The number of likely N-dealkylation sites (tertiary alicyclic amines) is 1. The Labute approximate surface area is 147 Å². The molecule has 2 aromatic rings. The molecular weight excluding hydrogens is 320 g/mol. The number of aromatic nitrogens is 2. The van der Waals surface area contributed by atoms with Crippen molar-refractivity contribution < 1.29 is 4.79 Å². The molecule has 128 valence electrons. The molecule has 3 rings (SSSR count). The van der Waals surface area contributed by atoms with Gasteiger partial charge in [0.1, 0.15) is 10.0 Å². The molecule has 1 amide bonds. The molecule has 0 aliphatic carbocycles. The molecule has 0 radical (unpaired) electrons. The number of benzene rings is 1. The highest BCUT2D eigenvalue weighted by Crippen LogP contribution is 2.26. The number of carbonyl (C=O) groups is 1. The first-order valence-electron chi connectivity index (χ1n) is 8.53. The summed E-state index contributed by atoms with van der Waals surface area (Å²) in [6.07, 6.45) is 3.11. The predicted octanol–water partition coefficient (Wildman–Crippen LogP) is 2.38. The number of piperidine rings is 1. The van der Waals surface area contributed by atoms with Gasteiger partial charge in [0.2, 0.25) is 5.91 Å². The third kappa shape index (κ3) is 4.85. The maximum atomic E-state index is 12.2. The third-order valence-corrected chi connectivity index (χ3v) is 5.27. The van der Waals surface area contributed by atoms with Crippen LogP contribution in [0.3, 0.4) is 0 Å². The second-order valence-corrected chi connectivity index (χ2v) is 7.57. The van der Waals surface area contributed by atoms with Crippen LogP contribution in [0.5, 0.6) is 0 Å². The number of hydrogen-bond donors (Lipinski definition) is 1. The van der Waals surface area contributed by atoms with Gasteiger partial charge in [0.05, 0.1) is 6.54 Å². The minimum atomic E-state index is 0.102. The SMILES string of the molecule is Cc1nnc(CCNC(=O)CN2CCC[C@@H](c3ccccc3)C2)s1. The maximum absolute atomic E-state index is 12.2. The van der Waals surface area contributed by atoms with E-state index in [0.29, 0.717) is 19.0 Å². The molecule has 5 nitrogen and oxygen atoms in total. The van der Waals surface area contributed by atoms with Crippen molar-refractivity contribution in [2.45, 2.75) is 32.1 Å². The summed E-state index contributed by atoms with van der Waals surface area (Å²) in [6.45, 7) is 5.03. The zero-order valence-corrected chi connectivity index (χ0v) is 14.9. The zero-order chi connectivity index (χ0) is 16.8. The number of aryl methyl sites for hydroxylation is 1. The van der Waals surface area contributed by atoms with Gasteiger partial charge in [-0.15, -0.1) is 21.5 Å². The summed E-state index contributed by atoms with van der Waals surface area (Å²) in [6, 6.07) is 10.6. The van der Waals surface area contributed by atoms with Crippen molar-refractivity contribution in [1.29, 1.82) is 0 Å². The lowest BCUT2D eigenvalue weighted by Crippen LogP contribution is -2.42. The number of nitrogens with one attached hydrogen (secondary N) is 1. The standard InChI is InChI=1S/C18H24N4OS/c1-14-20-21-18(24-14)9-10-19-17(23)13-22-11-5-8-16(12-22)15-6-3-2-4-7-15/h2-4,6-7,16H,5,8-13H2,1H3,(H,19,23)/t16-/m1/s1. The molecule has 0 spiro atoms. The molecule has 24 heavy (non-hydrogen) atoms. The largest absolute Gasteiger partial charge is 0.355 e. The Morgan fingerprint density at radius 1 is 1.33 bits per heavy atom. The molecule has 1 atom stereocenters. The number of nitrogens with zero attached hydrogens (tertiary/aromatic N) is 3. The van der Waals surface area contributed by atoms with E-state index in [-0.39, 0.29) is 5.91 Å². The monoisotopic (exact) mass is 344 g/mol. The molecule has 1 aliphatic rings. The van der Waals surface area contributed by atoms with Gasteiger partial charge in [0.15, 0.2) is 0 Å². The lowest BCUT2D eigenvalue weighted by molar-refractivity contribution is -0.122. The van der Waals surface area contributed by atoms with Crippen molar-refractivity contribution in [2.24, 2.45) is 0 Å². The van der Waals surface area contributed by atoms with Gasteiger partial charge in [0, 0.05) is 19.5 Å². The summed E-state index contributed by atoms with van der Waals surface area (Å²) in [5, 5.41) is 13.0. The molecular formula is C18H24N4OS. The highest BCUT2D eigenvalue weighted by atomic mass is 32.1. The molecule has 1 aromatic heterocycles. The summed E-state index contributed by atoms with van der Waals surface area (Å²) < 4.78 is 0. The second kappa shape index (κ2) is 8.35. The van der Waals surface area contributed by atoms with Crippen LogP contribution in [0.1, 0.15) is 34.3 Å². The quantitative estimate of drug-likeness (QED) is 0.874. The van der Waals surface area contributed by atoms with E-state index in [4.69, 9.17) is 0 Å². The smallest absolute Gasteiger partial charge is 0.234 e. The average Bonchev–Trinajstić information content (AvgIpc) is 3.01. The minimum Gasteiger partial charge on any atom is -0.355 e. The van der Waals surface area contributed by atoms with E-state index in [0.717, 1.165) is 35.9 Å². The van der Waals surface area contributed by atoms with E-state index in [1.807, 2.05) is 6.92 Å². The van der Waals surface area contributed by atoms with Gasteiger partial charge >= 0.3 is 0 Å². The topological polar surface area (TPSA) is 58.1 Å². The van der Waals surface area contributed by atoms with Crippen molar-refractivity contribution in [2.75, 3.05) is 26.2 Å². The van der Waals surface area contributed by atoms with Crippen LogP contribution in [-0.4, -0.2) is 47.2 Å². The number of amides is 1. The van der Waals surface area contributed by atoms with Gasteiger partial charge in [-0.3, -0.25) is 9.69 Å². The van der Waals surface area contributed by atoms with Gasteiger partial charge in [0.25, 0.3) is 0 Å². The summed E-state index contributed by atoms with van der Waals surface area (Å²) >= 11 is 1.59. The van der Waals surface area contributed by atoms with Crippen molar-refractivity contribution in [3.63, 3.8) is 0 Å². The first kappa shape index (κ1) is 17.0. The van der Waals surface area contributed by atoms with Crippen molar-refractivity contribution in [3.8, 4) is 0 Å². The van der Waals surface area contributed by atoms with Gasteiger partial charge in [-0.1, -0.05) is 30.3 Å². The van der Waals surface area contributed by atoms with Crippen molar-refractivity contribution in [1.82, 2.24) is 20.4 Å². The zero-order valence-electron chi connectivity index (χ0n) is 14.1. The second-order valence-electron chi connectivity index (χ2n) is 6.30. The lowest BCUT2D eigenvalue weighted by atomic mass is 9.91. The Balaban J connectivity index is 1.42. The highest BCUT2D eigenvalue weighted by Gasteiger charge is 2.22. The maximum Gasteiger partial charge on any atom is 0.234 e. The number of hydrogen-bond acceptors (Lipinski definition) is 5. The van der Waals surface area contributed by atoms with E-state index in [9.17, 15) is 4.79 Å². The molecule has 1 fully saturated rings. The molecule has 0 bridgehead atoms. The fraction of sp³-hybridized carbons (Fsp3) is 0.500. The first-order chi connectivity index (χ1) is 11.7. The lowest BCUT2D eigenvalue weighted by Gasteiger charge is -2.32. The summed E-state index contributed by atoms with van der Waals surface area (Å²) in [7, 11) is 0. The summed E-state index contributed by atoms with van der Waals surface area (Å²) in [4.78, 5) is 14.4. The number of carbonyl (C=O) groups excluding carboxylic acids is 1. The molecule has 2 heterocycles. The molecule has 1 aromatic carbocycles. The van der Waals surface area contributed by atoms with Gasteiger partial charge in [-0.05, 0) is 37.8 Å². The van der Waals surface area contributed by atoms with Gasteiger partial charge in [-0.25, -0.2) is 0 Å². The predicted molar refractivity (Wildman–Crippen MR) is 96.2 cm³/mol. The Kier molecular flexibility index (Phi) is 5.93. The van der Waals surface area contributed by atoms with Crippen LogP contribution in [0.4, 0.5) is 0 Å². The summed E-state index contributed by atoms with van der Waals surface area (Å²) in [5.41, 5.74) is 1.38. The van der Waals surface area contributed by atoms with E-state index in [1.165, 1.54) is 12.0 Å². The number of rotatable bonds is 6. The fourth-order valence-corrected chi connectivity index (χ4v) is 3.91. The molecule has 0 unspecified atom stereocenters. The molecule has 1 saturated heterocycles. The van der Waals surface area contributed by atoms with Crippen LogP contribution in [0, 0.1) is 6.92 Å². The van der Waals surface area contributed by atoms with Crippen LogP contribution >= 0.6 is 11.3 Å². The average molecular weight is 344 g/mol. The molecule has 6 heteroatoms. The molecule has 1 N–H and O–H groups in total. The van der Waals surface area contributed by atoms with E-state index < -0.39 is 0 Å². The van der Waals surface area contributed by atoms with Crippen molar-refractivity contribution >= 4 is 17.2 Å². The van der Waals surface area contributed by atoms with E-state index >= 15 is 0 Å². The normalized spacial score (nSPS) is 18.5. The Morgan fingerprint density at radius 3 is 2.92 bits per heavy atom. The van der Waals surface area contributed by atoms with E-state index in [1.54, 1.807) is 11.3 Å². The molecule has 0 saturated carbocycles. The Morgan fingerprint density at radius 2 is 2.17 bits per heavy atom. The van der Waals surface area contributed by atoms with Crippen LogP contribution in [0.2, 0.25) is 0 Å². The minimum absolute atomic E-state index is 0.102. The van der Waals surface area contributed by atoms with Gasteiger partial charge < -0.3 is 5.32 Å². The van der Waals surface area contributed by atoms with Gasteiger partial charge in [-0.2, -0.15) is 0 Å². The summed E-state index contributed by atoms with van der Waals surface area (Å²) in [5.74, 6) is 0.641. The Hall–Kier alpha value is -1.79. The highest BCUT2D eigenvalue weighted by molar-refractivity contribution is 7.11. The van der Waals surface area contributed by atoms with Crippen LogP contribution in [-0.2, 0) is 11.2 Å². The first-order valence-corrected chi connectivity index (χ1v) is 9.35. The van der Waals surface area contributed by atoms with Crippen LogP contribution in [0.15, 0.2) is 30.3 Å². The third-order valence-electron chi connectivity index (χ3n) is 4.37. The van der Waals surface area contributed by atoms with E-state index in [2.05, 4.69) is 50.7 Å². The van der Waals surface area contributed by atoms with Crippen LogP contribution in [0.25, 0.3) is 0 Å². The fourth-order valence-electron chi connectivity index (χ4n) is 3.20. The molecule has 1 aliphatic heterocycles.